The van der Waals surface area contributed by atoms with Crippen LogP contribution in [0.4, 0.5) is 0 Å². The maximum absolute atomic E-state index is 3.63. The van der Waals surface area contributed by atoms with Crippen LogP contribution >= 0.6 is 15.9 Å². The first-order valence-electron chi connectivity index (χ1n) is 9.13. The predicted octanol–water partition coefficient (Wildman–Crippen LogP) is 7.15. The van der Waals surface area contributed by atoms with Crippen molar-refractivity contribution in [3.8, 4) is 16.8 Å². The van der Waals surface area contributed by atoms with Crippen molar-refractivity contribution in [1.29, 1.82) is 0 Å². The molecule has 27 heavy (non-hydrogen) atoms. The number of hydrogen-bond donors (Lipinski definition) is 0. The minimum absolute atomic E-state index is 0.901. The van der Waals surface area contributed by atoms with E-state index in [1.807, 2.05) is 0 Å². The van der Waals surface area contributed by atoms with Gasteiger partial charge < -0.3 is 4.57 Å². The van der Waals surface area contributed by atoms with Crippen molar-refractivity contribution in [2.24, 2.45) is 0 Å². The summed E-state index contributed by atoms with van der Waals surface area (Å²) in [4.78, 5) is 0. The Hall–Kier alpha value is -2.84. The molecular weight excluding hydrogens is 394 g/mol. The van der Waals surface area contributed by atoms with Crippen LogP contribution in [-0.4, -0.2) is 4.57 Å². The molecule has 0 aliphatic heterocycles. The van der Waals surface area contributed by atoms with Crippen LogP contribution in [0, 0.1) is 0 Å². The maximum atomic E-state index is 3.63. The fourth-order valence-electron chi connectivity index (χ4n) is 3.86. The third kappa shape index (κ3) is 2.87. The van der Waals surface area contributed by atoms with Crippen LogP contribution in [0.2, 0.25) is 0 Å². The zero-order valence-corrected chi connectivity index (χ0v) is 16.4. The summed E-state index contributed by atoms with van der Waals surface area (Å²) < 4.78 is 3.53. The summed E-state index contributed by atoms with van der Waals surface area (Å²) in [5, 5.41) is 1.30. The second-order valence-electron chi connectivity index (χ2n) is 6.75. The van der Waals surface area contributed by atoms with Gasteiger partial charge >= 0.3 is 0 Å². The van der Waals surface area contributed by atoms with Crippen LogP contribution in [0.5, 0.6) is 0 Å². The van der Waals surface area contributed by atoms with E-state index < -0.39 is 0 Å². The van der Waals surface area contributed by atoms with Gasteiger partial charge in [-0.05, 0) is 35.4 Å². The minimum atomic E-state index is 0.901. The van der Waals surface area contributed by atoms with Crippen LogP contribution in [0.25, 0.3) is 33.8 Å². The SMILES string of the molecule is BrC1=CCc2c(c3ccccc3n2-c2ccc(-c3ccccc3)cc2)C=C1. The average Bonchev–Trinajstić information content (AvgIpc) is 2.92. The molecular formula is C25H18BrN. The second kappa shape index (κ2) is 6.71. The lowest BCUT2D eigenvalue weighted by molar-refractivity contribution is 1.00. The standard InChI is InChI=1S/C25H18BrN/c26-20-12-16-23-22-8-4-5-9-24(22)27(25(23)17-13-20)21-14-10-19(11-15-21)18-6-2-1-3-7-18/h1-16H,17H2. The highest BCUT2D eigenvalue weighted by Crippen LogP contribution is 2.34. The molecule has 0 saturated heterocycles. The average molecular weight is 412 g/mol. The van der Waals surface area contributed by atoms with E-state index in [2.05, 4.69) is 118 Å². The molecule has 0 unspecified atom stereocenters. The van der Waals surface area contributed by atoms with Crippen LogP contribution in [0.1, 0.15) is 11.3 Å². The number of rotatable bonds is 2. The van der Waals surface area contributed by atoms with E-state index in [1.165, 1.54) is 39.0 Å². The molecule has 2 heteroatoms. The molecule has 1 aliphatic carbocycles. The molecule has 0 atom stereocenters. The largest absolute Gasteiger partial charge is 0.313 e. The number of aromatic nitrogens is 1. The first-order chi connectivity index (χ1) is 13.3. The van der Waals surface area contributed by atoms with E-state index in [4.69, 9.17) is 0 Å². The Kier molecular flexibility index (Phi) is 4.06. The summed E-state index contributed by atoms with van der Waals surface area (Å²) >= 11 is 3.63. The molecule has 1 heterocycles. The lowest BCUT2D eigenvalue weighted by Gasteiger charge is -2.11. The Morgan fingerprint density at radius 3 is 2.22 bits per heavy atom. The second-order valence-corrected chi connectivity index (χ2v) is 7.67. The van der Waals surface area contributed by atoms with Gasteiger partial charge in [0.05, 0.1) is 5.52 Å². The van der Waals surface area contributed by atoms with E-state index in [1.54, 1.807) is 0 Å². The molecule has 0 saturated carbocycles. The highest BCUT2D eigenvalue weighted by molar-refractivity contribution is 9.11. The normalized spacial score (nSPS) is 13.3. The molecule has 130 valence electrons. The number of nitrogens with zero attached hydrogens (tertiary/aromatic N) is 1. The molecule has 1 aliphatic rings. The summed E-state index contributed by atoms with van der Waals surface area (Å²) in [6, 6.07) is 28.1. The lowest BCUT2D eigenvalue weighted by Crippen LogP contribution is -2.00. The van der Waals surface area contributed by atoms with E-state index in [0.29, 0.717) is 0 Å². The van der Waals surface area contributed by atoms with Crippen LogP contribution in [-0.2, 0) is 6.42 Å². The van der Waals surface area contributed by atoms with E-state index in [-0.39, 0.29) is 0 Å². The fraction of sp³-hybridized carbons (Fsp3) is 0.0400. The van der Waals surface area contributed by atoms with Gasteiger partial charge in [0, 0.05) is 33.2 Å². The smallest absolute Gasteiger partial charge is 0.0537 e. The van der Waals surface area contributed by atoms with Crippen molar-refractivity contribution in [1.82, 2.24) is 4.57 Å². The zero-order valence-electron chi connectivity index (χ0n) is 14.8. The summed E-state index contributed by atoms with van der Waals surface area (Å²) in [6.45, 7) is 0. The van der Waals surface area contributed by atoms with E-state index in [9.17, 15) is 0 Å². The van der Waals surface area contributed by atoms with Gasteiger partial charge in [0.1, 0.15) is 0 Å². The van der Waals surface area contributed by atoms with Gasteiger partial charge in [0.15, 0.2) is 0 Å². The Morgan fingerprint density at radius 2 is 1.41 bits per heavy atom. The van der Waals surface area contributed by atoms with Crippen molar-refractivity contribution < 1.29 is 0 Å². The third-order valence-corrected chi connectivity index (χ3v) is 5.74. The quantitative estimate of drug-likeness (QED) is 0.330. The van der Waals surface area contributed by atoms with Crippen molar-refractivity contribution in [3.05, 3.63) is 107 Å². The number of fused-ring (bicyclic) bond motifs is 3. The Labute approximate surface area is 167 Å². The molecule has 0 bridgehead atoms. The van der Waals surface area contributed by atoms with Gasteiger partial charge in [-0.2, -0.15) is 0 Å². The van der Waals surface area contributed by atoms with Gasteiger partial charge in [0.2, 0.25) is 0 Å². The highest BCUT2D eigenvalue weighted by atomic mass is 79.9. The molecule has 3 aromatic carbocycles. The third-order valence-electron chi connectivity index (χ3n) is 5.15. The van der Waals surface area contributed by atoms with Crippen LogP contribution in [0.15, 0.2) is 95.5 Å². The zero-order chi connectivity index (χ0) is 18.2. The Morgan fingerprint density at radius 1 is 0.704 bits per heavy atom. The molecule has 0 spiro atoms. The molecule has 0 fully saturated rings. The Balaban J connectivity index is 1.69. The minimum Gasteiger partial charge on any atom is -0.313 e. The highest BCUT2D eigenvalue weighted by Gasteiger charge is 2.17. The predicted molar refractivity (Wildman–Crippen MR) is 118 cm³/mol. The first-order valence-corrected chi connectivity index (χ1v) is 9.92. The van der Waals surface area contributed by atoms with E-state index >= 15 is 0 Å². The monoisotopic (exact) mass is 411 g/mol. The number of para-hydroxylation sites is 1. The van der Waals surface area contributed by atoms with Gasteiger partial charge in [-0.3, -0.25) is 0 Å². The molecule has 0 amide bonds. The van der Waals surface area contributed by atoms with E-state index in [0.717, 1.165) is 10.9 Å². The van der Waals surface area contributed by atoms with Crippen molar-refractivity contribution >= 4 is 32.9 Å². The van der Waals surface area contributed by atoms with Crippen molar-refractivity contribution in [2.45, 2.75) is 6.42 Å². The van der Waals surface area contributed by atoms with Crippen LogP contribution < -0.4 is 0 Å². The van der Waals surface area contributed by atoms with Gasteiger partial charge in [-0.25, -0.2) is 0 Å². The first kappa shape index (κ1) is 16.3. The van der Waals surface area contributed by atoms with Gasteiger partial charge in [0.25, 0.3) is 0 Å². The molecule has 1 nitrogen and oxygen atoms in total. The molecule has 1 aromatic heterocycles. The number of allylic oxidation sites excluding steroid dienone is 3. The lowest BCUT2D eigenvalue weighted by atomic mass is 10.1. The van der Waals surface area contributed by atoms with Crippen molar-refractivity contribution in [3.63, 3.8) is 0 Å². The fourth-order valence-corrected chi connectivity index (χ4v) is 4.15. The molecule has 4 aromatic rings. The number of hydrogen-bond acceptors (Lipinski definition) is 0. The van der Waals surface area contributed by atoms with Gasteiger partial charge in [-0.15, -0.1) is 0 Å². The number of halogens is 1. The summed E-state index contributed by atoms with van der Waals surface area (Å²) in [7, 11) is 0. The molecule has 0 N–H and O–H groups in total. The number of benzene rings is 3. The van der Waals surface area contributed by atoms with Crippen LogP contribution in [0.3, 0.4) is 0 Å². The molecule has 0 radical (unpaired) electrons. The maximum Gasteiger partial charge on any atom is 0.0537 e. The Bertz CT molecular complexity index is 1180. The summed E-state index contributed by atoms with van der Waals surface area (Å²) in [5.41, 5.74) is 7.58. The van der Waals surface area contributed by atoms with Crippen molar-refractivity contribution in [2.75, 3.05) is 0 Å². The van der Waals surface area contributed by atoms with Gasteiger partial charge in [-0.1, -0.05) is 88.7 Å². The molecule has 5 rings (SSSR count). The summed E-state index contributed by atoms with van der Waals surface area (Å²) in [5.74, 6) is 0. The summed E-state index contributed by atoms with van der Waals surface area (Å²) in [6.07, 6.45) is 7.50. The topological polar surface area (TPSA) is 4.93 Å².